The number of hydrogen-bond donors (Lipinski definition) is 3. The topological polar surface area (TPSA) is 125 Å². The molecule has 1 amide bonds. The number of benzene rings is 2. The number of rotatable bonds is 13. The van der Waals surface area contributed by atoms with E-state index in [9.17, 15) is 37.4 Å². The van der Waals surface area contributed by atoms with Crippen LogP contribution in [0.5, 0.6) is 5.75 Å². The molecule has 0 unspecified atom stereocenters. The van der Waals surface area contributed by atoms with Crippen molar-refractivity contribution in [1.82, 2.24) is 14.7 Å². The first-order valence-electron chi connectivity index (χ1n) is 13.2. The van der Waals surface area contributed by atoms with Gasteiger partial charge in [-0.15, -0.1) is 13.2 Å². The van der Waals surface area contributed by atoms with Gasteiger partial charge in [-0.25, -0.2) is 9.07 Å². The Balaban J connectivity index is 1.93. The Morgan fingerprint density at radius 2 is 1.74 bits per heavy atom. The summed E-state index contributed by atoms with van der Waals surface area (Å²) < 4.78 is 57.1. The van der Waals surface area contributed by atoms with Gasteiger partial charge in [-0.05, 0) is 67.1 Å². The maximum atomic E-state index is 13.7. The van der Waals surface area contributed by atoms with Crippen LogP contribution in [0.3, 0.4) is 0 Å². The highest BCUT2D eigenvalue weighted by Crippen LogP contribution is 2.30. The SMILES string of the molecule is CC(C)c1c(C(=O)N(C)Cc2cccc(OC(F)(F)F)c2)nn(-c2ccc(F)cc2)c1CC[C@@H](O)C[C@@H](O)CC(=O)O. The van der Waals surface area contributed by atoms with Crippen LogP contribution in [0.15, 0.2) is 48.5 Å². The van der Waals surface area contributed by atoms with Crippen LogP contribution >= 0.6 is 0 Å². The molecular weight excluding hydrogens is 562 g/mol. The number of aliphatic hydroxyl groups excluding tert-OH is 2. The second kappa shape index (κ2) is 13.8. The maximum absolute atomic E-state index is 13.7. The molecular formula is C29H33F4N3O6. The number of carbonyl (C=O) groups is 2. The first-order chi connectivity index (χ1) is 19.6. The first kappa shape index (κ1) is 32.5. The molecule has 2 atom stereocenters. The van der Waals surface area contributed by atoms with Gasteiger partial charge in [0.05, 0.1) is 24.3 Å². The normalized spacial score (nSPS) is 13.2. The Kier molecular flexibility index (Phi) is 10.7. The Morgan fingerprint density at radius 3 is 2.33 bits per heavy atom. The van der Waals surface area contributed by atoms with Gasteiger partial charge in [0.2, 0.25) is 0 Å². The van der Waals surface area contributed by atoms with Gasteiger partial charge < -0.3 is 25.0 Å². The lowest BCUT2D eigenvalue weighted by Gasteiger charge is -2.19. The number of aromatic nitrogens is 2. The third-order valence-electron chi connectivity index (χ3n) is 6.44. The summed E-state index contributed by atoms with van der Waals surface area (Å²) in [6.45, 7) is 3.64. The Hall–Kier alpha value is -3.97. The van der Waals surface area contributed by atoms with Crippen molar-refractivity contribution < 1.29 is 47.2 Å². The number of carboxylic acid groups (broad SMARTS) is 1. The molecule has 42 heavy (non-hydrogen) atoms. The Morgan fingerprint density at radius 1 is 1.07 bits per heavy atom. The van der Waals surface area contributed by atoms with Crippen molar-refractivity contribution in [2.24, 2.45) is 0 Å². The van der Waals surface area contributed by atoms with E-state index >= 15 is 0 Å². The molecule has 3 rings (SSSR count). The lowest BCUT2D eigenvalue weighted by Crippen LogP contribution is -2.28. The standard InChI is InChI=1S/C29H33F4N3O6/c1-17(2)26-24(12-11-21(37)14-22(38)15-25(39)40)36(20-9-7-19(30)8-10-20)34-27(26)28(41)35(3)16-18-5-4-6-23(13-18)42-29(31,32)33/h4-10,13,17,21-22,37-38H,11-12,14-16H2,1-3H3,(H,39,40)/t21-,22-/m1/s1. The van der Waals surface area contributed by atoms with E-state index in [4.69, 9.17) is 5.11 Å². The number of ether oxygens (including phenoxy) is 1. The highest BCUT2D eigenvalue weighted by atomic mass is 19.4. The molecule has 3 aromatic rings. The molecule has 0 aliphatic heterocycles. The number of halogens is 4. The largest absolute Gasteiger partial charge is 0.573 e. The molecule has 228 valence electrons. The van der Waals surface area contributed by atoms with Gasteiger partial charge in [-0.3, -0.25) is 9.59 Å². The number of alkyl halides is 3. The summed E-state index contributed by atoms with van der Waals surface area (Å²) in [5.74, 6) is -2.84. The molecule has 0 bridgehead atoms. The quantitative estimate of drug-likeness (QED) is 0.242. The summed E-state index contributed by atoms with van der Waals surface area (Å²) in [4.78, 5) is 25.8. The number of aliphatic hydroxyl groups is 2. The minimum atomic E-state index is -4.86. The van der Waals surface area contributed by atoms with Crippen molar-refractivity contribution in [2.45, 2.75) is 70.6 Å². The van der Waals surface area contributed by atoms with E-state index in [2.05, 4.69) is 9.84 Å². The molecule has 1 aromatic heterocycles. The lowest BCUT2D eigenvalue weighted by atomic mass is 9.95. The summed E-state index contributed by atoms with van der Waals surface area (Å²) in [5.41, 5.74) is 2.03. The molecule has 0 saturated heterocycles. The van der Waals surface area contributed by atoms with Crippen LogP contribution < -0.4 is 4.74 Å². The molecule has 0 fully saturated rings. The fourth-order valence-electron chi connectivity index (χ4n) is 4.65. The van der Waals surface area contributed by atoms with Gasteiger partial charge in [0, 0.05) is 24.8 Å². The van der Waals surface area contributed by atoms with Crippen LogP contribution in [0.4, 0.5) is 17.6 Å². The van der Waals surface area contributed by atoms with Crippen molar-refractivity contribution in [1.29, 1.82) is 0 Å². The van der Waals surface area contributed by atoms with Crippen molar-refractivity contribution in [3.05, 3.63) is 76.9 Å². The van der Waals surface area contributed by atoms with E-state index in [1.807, 2.05) is 13.8 Å². The van der Waals surface area contributed by atoms with Crippen LogP contribution in [-0.4, -0.2) is 67.5 Å². The molecule has 0 aliphatic carbocycles. The first-order valence-corrected chi connectivity index (χ1v) is 13.2. The van der Waals surface area contributed by atoms with Gasteiger partial charge in [-0.1, -0.05) is 26.0 Å². The minimum absolute atomic E-state index is 0.0512. The predicted octanol–water partition coefficient (Wildman–Crippen LogP) is 4.82. The zero-order valence-electron chi connectivity index (χ0n) is 23.3. The maximum Gasteiger partial charge on any atom is 0.573 e. The van der Waals surface area contributed by atoms with Crippen molar-refractivity contribution in [3.63, 3.8) is 0 Å². The molecule has 13 heteroatoms. The van der Waals surface area contributed by atoms with Gasteiger partial charge in [0.15, 0.2) is 5.69 Å². The molecule has 0 radical (unpaired) electrons. The molecule has 0 aliphatic rings. The average Bonchev–Trinajstić information content (AvgIpc) is 3.25. The van der Waals surface area contributed by atoms with Crippen LogP contribution in [0, 0.1) is 5.82 Å². The summed E-state index contributed by atoms with van der Waals surface area (Å²) in [5, 5.41) is 33.8. The van der Waals surface area contributed by atoms with Crippen LogP contribution in [0.2, 0.25) is 0 Å². The average molecular weight is 596 g/mol. The third kappa shape index (κ3) is 9.02. The molecule has 0 saturated carbocycles. The predicted molar refractivity (Wildman–Crippen MR) is 144 cm³/mol. The van der Waals surface area contributed by atoms with Crippen LogP contribution in [0.25, 0.3) is 5.69 Å². The lowest BCUT2D eigenvalue weighted by molar-refractivity contribution is -0.274. The zero-order chi connectivity index (χ0) is 31.2. The number of aliphatic carboxylic acids is 1. The zero-order valence-corrected chi connectivity index (χ0v) is 23.3. The molecule has 9 nitrogen and oxygen atoms in total. The van der Waals surface area contributed by atoms with E-state index in [0.717, 1.165) is 6.07 Å². The fourth-order valence-corrected chi connectivity index (χ4v) is 4.65. The van der Waals surface area contributed by atoms with Gasteiger partial charge in [-0.2, -0.15) is 5.10 Å². The number of hydrogen-bond acceptors (Lipinski definition) is 6. The minimum Gasteiger partial charge on any atom is -0.481 e. The van der Waals surface area contributed by atoms with E-state index in [1.165, 1.54) is 53.0 Å². The Labute approximate surface area is 240 Å². The van der Waals surface area contributed by atoms with E-state index in [0.29, 0.717) is 22.5 Å². The Bertz CT molecular complexity index is 1370. The van der Waals surface area contributed by atoms with Crippen molar-refractivity contribution in [2.75, 3.05) is 7.05 Å². The van der Waals surface area contributed by atoms with E-state index in [-0.39, 0.29) is 37.4 Å². The fraction of sp³-hybridized carbons (Fsp3) is 0.414. The van der Waals surface area contributed by atoms with Gasteiger partial charge >= 0.3 is 12.3 Å². The smallest absolute Gasteiger partial charge is 0.481 e. The summed E-state index contributed by atoms with van der Waals surface area (Å²) >= 11 is 0. The second-order valence-electron chi connectivity index (χ2n) is 10.3. The van der Waals surface area contributed by atoms with Crippen LogP contribution in [0.1, 0.15) is 66.3 Å². The molecule has 3 N–H and O–H groups in total. The highest BCUT2D eigenvalue weighted by Gasteiger charge is 2.31. The molecule has 2 aromatic carbocycles. The number of carbonyl (C=O) groups excluding carboxylic acids is 1. The van der Waals surface area contributed by atoms with Gasteiger partial charge in [0.25, 0.3) is 5.91 Å². The second-order valence-corrected chi connectivity index (χ2v) is 10.3. The summed E-state index contributed by atoms with van der Waals surface area (Å²) in [7, 11) is 1.48. The highest BCUT2D eigenvalue weighted by molar-refractivity contribution is 5.94. The van der Waals surface area contributed by atoms with Gasteiger partial charge in [0.1, 0.15) is 11.6 Å². The van der Waals surface area contributed by atoms with Crippen molar-refractivity contribution in [3.8, 4) is 11.4 Å². The number of carboxylic acids is 1. The van der Waals surface area contributed by atoms with E-state index < -0.39 is 48.4 Å². The van der Waals surface area contributed by atoms with Crippen LogP contribution in [-0.2, 0) is 17.8 Å². The molecule has 0 spiro atoms. The number of nitrogens with zero attached hydrogens (tertiary/aromatic N) is 3. The molecule has 1 heterocycles. The number of amides is 1. The van der Waals surface area contributed by atoms with Crippen molar-refractivity contribution >= 4 is 11.9 Å². The monoisotopic (exact) mass is 595 g/mol. The summed E-state index contributed by atoms with van der Waals surface area (Å²) in [6, 6.07) is 10.7. The van der Waals surface area contributed by atoms with E-state index in [1.54, 1.807) is 6.07 Å². The summed E-state index contributed by atoms with van der Waals surface area (Å²) in [6.07, 6.45) is -7.54. The third-order valence-corrected chi connectivity index (χ3v) is 6.44.